The van der Waals surface area contributed by atoms with Gasteiger partial charge in [-0.3, -0.25) is 9.59 Å². The van der Waals surface area contributed by atoms with Crippen molar-refractivity contribution >= 4 is 23.5 Å². The van der Waals surface area contributed by atoms with E-state index in [2.05, 4.69) is 5.32 Å². The first-order valence-electron chi connectivity index (χ1n) is 7.55. The number of methoxy groups -OCH3 is 1. The van der Waals surface area contributed by atoms with Crippen molar-refractivity contribution in [2.24, 2.45) is 0 Å². The van der Waals surface area contributed by atoms with Crippen LogP contribution in [0.25, 0.3) is 0 Å². The van der Waals surface area contributed by atoms with Gasteiger partial charge in [-0.25, -0.2) is 0 Å². The Bertz CT molecular complexity index is 700. The molecule has 0 aromatic heterocycles. The Morgan fingerprint density at radius 1 is 0.960 bits per heavy atom. The molecular formula is C18H18ClNO5. The molecule has 0 aliphatic rings. The van der Waals surface area contributed by atoms with Crippen molar-refractivity contribution in [3.8, 4) is 11.5 Å². The number of carbonyl (C=O) groups excluding carboxylic acids is 2. The third kappa shape index (κ3) is 6.35. The van der Waals surface area contributed by atoms with Gasteiger partial charge < -0.3 is 19.5 Å². The lowest BCUT2D eigenvalue weighted by Gasteiger charge is -2.08. The van der Waals surface area contributed by atoms with E-state index in [9.17, 15) is 9.59 Å². The second-order valence-electron chi connectivity index (χ2n) is 4.93. The molecule has 2 aromatic carbocycles. The molecule has 0 saturated heterocycles. The lowest BCUT2D eigenvalue weighted by atomic mass is 10.2. The van der Waals surface area contributed by atoms with Gasteiger partial charge in [0.05, 0.1) is 7.11 Å². The first-order chi connectivity index (χ1) is 12.1. The van der Waals surface area contributed by atoms with Crippen LogP contribution in [0.3, 0.4) is 0 Å². The molecule has 0 fully saturated rings. The predicted octanol–water partition coefficient (Wildman–Crippen LogP) is 2.70. The van der Waals surface area contributed by atoms with E-state index in [1.54, 1.807) is 55.6 Å². The van der Waals surface area contributed by atoms with Gasteiger partial charge in [0, 0.05) is 10.6 Å². The van der Waals surface area contributed by atoms with Crippen LogP contribution in [0.1, 0.15) is 10.4 Å². The highest BCUT2D eigenvalue weighted by molar-refractivity contribution is 6.30. The van der Waals surface area contributed by atoms with Gasteiger partial charge >= 0.3 is 5.97 Å². The number of amides is 1. The van der Waals surface area contributed by atoms with Crippen molar-refractivity contribution < 1.29 is 23.8 Å². The van der Waals surface area contributed by atoms with Gasteiger partial charge in [0.15, 0.2) is 0 Å². The number of carbonyl (C=O) groups is 2. The average Bonchev–Trinajstić information content (AvgIpc) is 2.64. The number of halogens is 1. The lowest BCUT2D eigenvalue weighted by Crippen LogP contribution is -2.31. The molecule has 0 aliphatic carbocycles. The Hall–Kier alpha value is -2.73. The summed E-state index contributed by atoms with van der Waals surface area (Å²) in [5.41, 5.74) is 0.430. The normalized spacial score (nSPS) is 10.0. The smallest absolute Gasteiger partial charge is 0.325 e. The Morgan fingerprint density at radius 3 is 2.24 bits per heavy atom. The zero-order valence-corrected chi connectivity index (χ0v) is 14.4. The van der Waals surface area contributed by atoms with Crippen LogP contribution in [0.2, 0.25) is 5.02 Å². The summed E-state index contributed by atoms with van der Waals surface area (Å²) in [7, 11) is 1.54. The zero-order valence-electron chi connectivity index (χ0n) is 13.7. The molecule has 7 heteroatoms. The number of nitrogens with one attached hydrogen (secondary N) is 1. The van der Waals surface area contributed by atoms with Crippen LogP contribution in [0.15, 0.2) is 48.5 Å². The molecule has 0 spiro atoms. The first kappa shape index (κ1) is 18.6. The van der Waals surface area contributed by atoms with Crippen LogP contribution >= 0.6 is 11.6 Å². The largest absolute Gasteiger partial charge is 0.497 e. The summed E-state index contributed by atoms with van der Waals surface area (Å²) in [5, 5.41) is 3.11. The summed E-state index contributed by atoms with van der Waals surface area (Å²) in [6.45, 7) is 0.0749. The molecule has 0 radical (unpaired) electrons. The molecule has 0 saturated carbocycles. The second-order valence-corrected chi connectivity index (χ2v) is 5.37. The van der Waals surface area contributed by atoms with E-state index in [0.29, 0.717) is 22.1 Å². The predicted molar refractivity (Wildman–Crippen MR) is 93.2 cm³/mol. The number of esters is 1. The van der Waals surface area contributed by atoms with Crippen LogP contribution in [-0.2, 0) is 9.53 Å². The Labute approximate surface area is 150 Å². The molecule has 1 amide bonds. The maximum Gasteiger partial charge on any atom is 0.325 e. The van der Waals surface area contributed by atoms with E-state index in [0.717, 1.165) is 0 Å². The van der Waals surface area contributed by atoms with E-state index >= 15 is 0 Å². The molecule has 0 aliphatic heterocycles. The van der Waals surface area contributed by atoms with Gasteiger partial charge in [-0.05, 0) is 48.5 Å². The number of benzene rings is 2. The molecule has 0 unspecified atom stereocenters. The third-order valence-electron chi connectivity index (χ3n) is 3.17. The van der Waals surface area contributed by atoms with Gasteiger partial charge in [-0.15, -0.1) is 0 Å². The summed E-state index contributed by atoms with van der Waals surface area (Å²) in [4.78, 5) is 23.5. The highest BCUT2D eigenvalue weighted by Crippen LogP contribution is 2.15. The van der Waals surface area contributed by atoms with Crippen LogP contribution in [0, 0.1) is 0 Å². The fourth-order valence-corrected chi connectivity index (χ4v) is 2.02. The lowest BCUT2D eigenvalue weighted by molar-refractivity contribution is -0.143. The number of hydrogen-bond donors (Lipinski definition) is 1. The number of ether oxygens (including phenoxy) is 3. The molecular weight excluding hydrogens is 346 g/mol. The first-order valence-corrected chi connectivity index (χ1v) is 7.92. The maximum absolute atomic E-state index is 11.9. The summed E-state index contributed by atoms with van der Waals surface area (Å²) in [6, 6.07) is 13.4. The Balaban J connectivity index is 1.64. The minimum atomic E-state index is -0.540. The van der Waals surface area contributed by atoms with Crippen LogP contribution < -0.4 is 14.8 Å². The molecule has 2 rings (SSSR count). The van der Waals surface area contributed by atoms with Gasteiger partial charge in [0.25, 0.3) is 5.91 Å². The molecule has 0 heterocycles. The zero-order chi connectivity index (χ0) is 18.1. The van der Waals surface area contributed by atoms with Gasteiger partial charge in [0.2, 0.25) is 0 Å². The Morgan fingerprint density at radius 2 is 1.60 bits per heavy atom. The summed E-state index contributed by atoms with van der Waals surface area (Å²) in [6.07, 6.45) is 0. The summed E-state index contributed by atoms with van der Waals surface area (Å²) in [5.74, 6) is 0.378. The van der Waals surface area contributed by atoms with Crippen molar-refractivity contribution in [1.29, 1.82) is 0 Å². The van der Waals surface area contributed by atoms with E-state index in [4.69, 9.17) is 25.8 Å². The van der Waals surface area contributed by atoms with E-state index < -0.39 is 5.97 Å². The average molecular weight is 364 g/mol. The maximum atomic E-state index is 11.9. The highest BCUT2D eigenvalue weighted by atomic mass is 35.5. The van der Waals surface area contributed by atoms with Gasteiger partial charge in [-0.1, -0.05) is 11.6 Å². The van der Waals surface area contributed by atoms with Crippen LogP contribution in [0.4, 0.5) is 0 Å². The molecule has 0 bridgehead atoms. The molecule has 2 aromatic rings. The third-order valence-corrected chi connectivity index (χ3v) is 3.43. The molecule has 6 nitrogen and oxygen atoms in total. The second kappa shape index (κ2) is 9.54. The van der Waals surface area contributed by atoms with E-state index in [1.807, 2.05) is 0 Å². The van der Waals surface area contributed by atoms with Crippen molar-refractivity contribution in [3.63, 3.8) is 0 Å². The fourth-order valence-electron chi connectivity index (χ4n) is 1.89. The molecule has 1 N–H and O–H groups in total. The van der Waals surface area contributed by atoms with Crippen molar-refractivity contribution in [3.05, 3.63) is 59.1 Å². The standard InChI is InChI=1S/C18H18ClNO5/c1-23-15-6-2-13(3-7-15)18(22)20-12-17(21)25-11-10-24-16-8-4-14(19)5-9-16/h2-9H,10-12H2,1H3,(H,20,22). The molecule has 0 atom stereocenters. The minimum Gasteiger partial charge on any atom is -0.497 e. The van der Waals surface area contributed by atoms with Crippen molar-refractivity contribution in [2.75, 3.05) is 26.9 Å². The highest BCUT2D eigenvalue weighted by Gasteiger charge is 2.09. The number of hydrogen-bond acceptors (Lipinski definition) is 5. The minimum absolute atomic E-state index is 0.0832. The van der Waals surface area contributed by atoms with Crippen molar-refractivity contribution in [1.82, 2.24) is 5.32 Å². The van der Waals surface area contributed by atoms with Gasteiger partial charge in [0.1, 0.15) is 31.3 Å². The van der Waals surface area contributed by atoms with E-state index in [1.165, 1.54) is 0 Å². The van der Waals surface area contributed by atoms with Crippen LogP contribution in [-0.4, -0.2) is 38.7 Å². The molecule has 25 heavy (non-hydrogen) atoms. The summed E-state index contributed by atoms with van der Waals surface area (Å²) < 4.78 is 15.4. The summed E-state index contributed by atoms with van der Waals surface area (Å²) >= 11 is 5.77. The quantitative estimate of drug-likeness (QED) is 0.576. The fraction of sp³-hybridized carbons (Fsp3) is 0.222. The Kier molecular flexibility index (Phi) is 7.10. The molecule has 132 valence electrons. The van der Waals surface area contributed by atoms with Crippen molar-refractivity contribution in [2.45, 2.75) is 0 Å². The topological polar surface area (TPSA) is 73.9 Å². The number of rotatable bonds is 8. The monoisotopic (exact) mass is 363 g/mol. The SMILES string of the molecule is COc1ccc(C(=O)NCC(=O)OCCOc2ccc(Cl)cc2)cc1. The van der Waals surface area contributed by atoms with Gasteiger partial charge in [-0.2, -0.15) is 0 Å². The van der Waals surface area contributed by atoms with E-state index in [-0.39, 0.29) is 25.7 Å². The van der Waals surface area contributed by atoms with Crippen LogP contribution in [0.5, 0.6) is 11.5 Å².